The van der Waals surface area contributed by atoms with Gasteiger partial charge in [-0.05, 0) is 54.9 Å². The third-order valence-corrected chi connectivity index (χ3v) is 3.40. The van der Waals surface area contributed by atoms with Gasteiger partial charge in [0.1, 0.15) is 0 Å². The lowest BCUT2D eigenvalue weighted by Gasteiger charge is -2.28. The summed E-state index contributed by atoms with van der Waals surface area (Å²) in [7, 11) is 6.21. The first-order valence-corrected chi connectivity index (χ1v) is 6.24. The minimum atomic E-state index is -0.0388. The van der Waals surface area contributed by atoms with E-state index in [1.807, 2.05) is 19.6 Å². The second-order valence-corrected chi connectivity index (χ2v) is 5.50. The van der Waals surface area contributed by atoms with Crippen molar-refractivity contribution in [3.8, 4) is 0 Å². The molecule has 0 saturated carbocycles. The Morgan fingerprint density at radius 3 is 2.65 bits per heavy atom. The molecule has 0 aliphatic rings. The van der Waals surface area contributed by atoms with Crippen molar-refractivity contribution in [1.29, 1.82) is 0 Å². The maximum atomic E-state index is 4.29. The van der Waals surface area contributed by atoms with Gasteiger partial charge >= 0.3 is 0 Å². The topological polar surface area (TPSA) is 33.1 Å². The molecule has 0 fully saturated rings. The monoisotopic (exact) mass is 238 g/mol. The normalized spacial score (nSPS) is 14.3. The van der Waals surface area contributed by atoms with Crippen molar-refractivity contribution in [1.82, 2.24) is 19.8 Å². The molecule has 1 N–H and O–H groups in total. The van der Waals surface area contributed by atoms with E-state index >= 15 is 0 Å². The molecule has 1 rings (SSSR count). The molecule has 0 amide bonds. The van der Waals surface area contributed by atoms with E-state index in [0.29, 0.717) is 6.04 Å². The minimum Gasteiger partial charge on any atom is -0.330 e. The quantitative estimate of drug-likeness (QED) is 0.821. The maximum absolute atomic E-state index is 4.29. The van der Waals surface area contributed by atoms with Crippen LogP contribution in [0.4, 0.5) is 0 Å². The molecule has 0 radical (unpaired) electrons. The number of nitrogens with zero attached hydrogens (tertiary/aromatic N) is 3. The summed E-state index contributed by atoms with van der Waals surface area (Å²) in [6, 6.07) is 0.475. The highest BCUT2D eigenvalue weighted by atomic mass is 15.1. The average molecular weight is 238 g/mol. The average Bonchev–Trinajstić information content (AvgIpc) is 2.75. The highest BCUT2D eigenvalue weighted by molar-refractivity contribution is 5.11. The Hall–Kier alpha value is -0.870. The molecule has 0 aliphatic heterocycles. The van der Waals surface area contributed by atoms with Crippen molar-refractivity contribution in [2.45, 2.75) is 38.8 Å². The van der Waals surface area contributed by atoms with Gasteiger partial charge in [-0.1, -0.05) is 0 Å². The molecule has 1 aromatic heterocycles. The van der Waals surface area contributed by atoms with Crippen LogP contribution in [0, 0.1) is 0 Å². The first-order valence-electron chi connectivity index (χ1n) is 6.24. The lowest BCUT2D eigenvalue weighted by molar-refractivity contribution is 0.337. The van der Waals surface area contributed by atoms with Crippen LogP contribution in [0.1, 0.15) is 38.9 Å². The van der Waals surface area contributed by atoms with Crippen LogP contribution in [0.5, 0.6) is 0 Å². The Morgan fingerprint density at radius 2 is 2.12 bits per heavy atom. The van der Waals surface area contributed by atoms with Crippen molar-refractivity contribution in [3.63, 3.8) is 0 Å². The van der Waals surface area contributed by atoms with Crippen LogP contribution in [0.3, 0.4) is 0 Å². The fourth-order valence-electron chi connectivity index (χ4n) is 1.85. The zero-order valence-corrected chi connectivity index (χ0v) is 12.0. The van der Waals surface area contributed by atoms with Gasteiger partial charge in [0.15, 0.2) is 0 Å². The van der Waals surface area contributed by atoms with E-state index in [1.54, 1.807) is 0 Å². The van der Waals surface area contributed by atoms with Crippen LogP contribution in [0.2, 0.25) is 0 Å². The molecule has 0 aromatic carbocycles. The summed E-state index contributed by atoms with van der Waals surface area (Å²) in [6.07, 6.45) is 5.04. The Kier molecular flexibility index (Phi) is 4.71. The van der Waals surface area contributed by atoms with E-state index in [9.17, 15) is 0 Å². The van der Waals surface area contributed by atoms with Crippen LogP contribution in [-0.2, 0) is 5.54 Å². The molecule has 1 heterocycles. The summed E-state index contributed by atoms with van der Waals surface area (Å²) in [5.74, 6) is 0. The predicted octanol–water partition coefficient (Wildman–Crippen LogP) is 1.85. The van der Waals surface area contributed by atoms with Crippen molar-refractivity contribution in [2.24, 2.45) is 0 Å². The van der Waals surface area contributed by atoms with Gasteiger partial charge in [-0.2, -0.15) is 0 Å². The summed E-state index contributed by atoms with van der Waals surface area (Å²) in [4.78, 5) is 6.51. The number of hydrogen-bond acceptors (Lipinski definition) is 3. The Balaban J connectivity index is 2.81. The van der Waals surface area contributed by atoms with Gasteiger partial charge in [0.05, 0.1) is 23.8 Å². The van der Waals surface area contributed by atoms with E-state index in [-0.39, 0.29) is 5.54 Å². The fourth-order valence-corrected chi connectivity index (χ4v) is 1.85. The zero-order chi connectivity index (χ0) is 13.1. The molecular formula is C13H26N4. The lowest BCUT2D eigenvalue weighted by Crippen LogP contribution is -2.36. The van der Waals surface area contributed by atoms with Crippen LogP contribution in [-0.4, -0.2) is 42.1 Å². The van der Waals surface area contributed by atoms with Gasteiger partial charge in [0.2, 0.25) is 0 Å². The molecule has 4 heteroatoms. The zero-order valence-electron chi connectivity index (χ0n) is 12.0. The van der Waals surface area contributed by atoms with Crippen molar-refractivity contribution >= 4 is 0 Å². The second kappa shape index (κ2) is 5.65. The summed E-state index contributed by atoms with van der Waals surface area (Å²) < 4.78 is 2.28. The Morgan fingerprint density at radius 1 is 1.47 bits per heavy atom. The molecule has 4 nitrogen and oxygen atoms in total. The third-order valence-electron chi connectivity index (χ3n) is 3.40. The first kappa shape index (κ1) is 14.2. The largest absolute Gasteiger partial charge is 0.330 e. The SMILES string of the molecule is CNC(C)(C)c1cncn1C(C)CCN(C)C. The van der Waals surface area contributed by atoms with E-state index in [2.05, 4.69) is 54.6 Å². The van der Waals surface area contributed by atoms with Crippen molar-refractivity contribution < 1.29 is 0 Å². The fraction of sp³-hybridized carbons (Fsp3) is 0.769. The predicted molar refractivity (Wildman–Crippen MR) is 72.2 cm³/mol. The molecule has 98 valence electrons. The first-order chi connectivity index (χ1) is 7.88. The van der Waals surface area contributed by atoms with Crippen molar-refractivity contribution in [3.05, 3.63) is 18.2 Å². The van der Waals surface area contributed by atoms with E-state index in [4.69, 9.17) is 0 Å². The number of imidazole rings is 1. The van der Waals surface area contributed by atoms with Gasteiger partial charge in [0, 0.05) is 6.04 Å². The summed E-state index contributed by atoms with van der Waals surface area (Å²) in [5.41, 5.74) is 1.20. The van der Waals surface area contributed by atoms with Gasteiger partial charge in [-0.15, -0.1) is 0 Å². The van der Waals surface area contributed by atoms with Gasteiger partial charge < -0.3 is 14.8 Å². The summed E-state index contributed by atoms with van der Waals surface area (Å²) >= 11 is 0. The van der Waals surface area contributed by atoms with E-state index in [1.165, 1.54) is 5.69 Å². The molecule has 0 aliphatic carbocycles. The third kappa shape index (κ3) is 3.54. The van der Waals surface area contributed by atoms with Crippen LogP contribution in [0.15, 0.2) is 12.5 Å². The Labute approximate surface area is 105 Å². The van der Waals surface area contributed by atoms with E-state index in [0.717, 1.165) is 13.0 Å². The number of rotatable bonds is 6. The molecule has 0 saturated heterocycles. The van der Waals surface area contributed by atoms with Gasteiger partial charge in [-0.3, -0.25) is 0 Å². The molecule has 17 heavy (non-hydrogen) atoms. The number of hydrogen-bond donors (Lipinski definition) is 1. The molecule has 1 aromatic rings. The molecular weight excluding hydrogens is 212 g/mol. The standard InChI is InChI=1S/C13H26N4/c1-11(7-8-16(5)6)17-10-15-9-12(17)13(2,3)14-4/h9-11,14H,7-8H2,1-6H3. The van der Waals surface area contributed by atoms with Gasteiger partial charge in [-0.25, -0.2) is 4.98 Å². The molecule has 1 atom stereocenters. The number of nitrogens with one attached hydrogen (secondary N) is 1. The summed E-state index contributed by atoms with van der Waals surface area (Å²) in [5, 5.41) is 3.33. The molecule has 0 spiro atoms. The molecule has 1 unspecified atom stereocenters. The van der Waals surface area contributed by atoms with Crippen LogP contribution < -0.4 is 5.32 Å². The Bertz CT molecular complexity index is 341. The van der Waals surface area contributed by atoms with Crippen molar-refractivity contribution in [2.75, 3.05) is 27.7 Å². The van der Waals surface area contributed by atoms with Crippen LogP contribution in [0.25, 0.3) is 0 Å². The second-order valence-electron chi connectivity index (χ2n) is 5.50. The summed E-state index contributed by atoms with van der Waals surface area (Å²) in [6.45, 7) is 7.71. The smallest absolute Gasteiger partial charge is 0.0951 e. The van der Waals surface area contributed by atoms with Gasteiger partial charge in [0.25, 0.3) is 0 Å². The highest BCUT2D eigenvalue weighted by Crippen LogP contribution is 2.23. The minimum absolute atomic E-state index is 0.0388. The highest BCUT2D eigenvalue weighted by Gasteiger charge is 2.23. The number of aromatic nitrogens is 2. The molecule has 0 bridgehead atoms. The lowest BCUT2D eigenvalue weighted by atomic mass is 10.0. The maximum Gasteiger partial charge on any atom is 0.0951 e. The van der Waals surface area contributed by atoms with E-state index < -0.39 is 0 Å². The van der Waals surface area contributed by atoms with Crippen LogP contribution >= 0.6 is 0 Å².